The number of carbonyl (C=O) groups excluding carboxylic acids is 1. The Morgan fingerprint density at radius 3 is 2.71 bits per heavy atom. The van der Waals surface area contributed by atoms with Crippen LogP contribution in [-0.4, -0.2) is 57.1 Å². The molecule has 3 aromatic heterocycles. The summed E-state index contributed by atoms with van der Waals surface area (Å²) in [5, 5.41) is 19.5. The van der Waals surface area contributed by atoms with E-state index in [4.69, 9.17) is 14.6 Å². The van der Waals surface area contributed by atoms with Crippen LogP contribution in [0.5, 0.6) is 5.75 Å². The number of methoxy groups -OCH3 is 1. The van der Waals surface area contributed by atoms with Gasteiger partial charge in [-0.25, -0.2) is 19.3 Å². The molecule has 6 rings (SSSR count). The molecule has 1 unspecified atom stereocenters. The van der Waals surface area contributed by atoms with Crippen molar-refractivity contribution in [2.24, 2.45) is 0 Å². The fraction of sp³-hybridized carbons (Fsp3) is 0.267. The lowest BCUT2D eigenvalue weighted by molar-refractivity contribution is 0.0516. The van der Waals surface area contributed by atoms with Crippen LogP contribution in [0.25, 0.3) is 5.65 Å². The van der Waals surface area contributed by atoms with E-state index in [2.05, 4.69) is 20.2 Å². The van der Waals surface area contributed by atoms with Crippen molar-refractivity contribution in [1.29, 1.82) is 0 Å². The number of anilines is 3. The summed E-state index contributed by atoms with van der Waals surface area (Å²) >= 11 is 0. The molecule has 11 heteroatoms. The quantitative estimate of drug-likeness (QED) is 0.312. The van der Waals surface area contributed by atoms with Crippen LogP contribution in [0.15, 0.2) is 72.8 Å². The number of allylic oxidation sites excluding steroid dienone is 2. The predicted octanol–water partition coefficient (Wildman–Crippen LogP) is 3.83. The summed E-state index contributed by atoms with van der Waals surface area (Å²) in [6, 6.07) is 11.8. The Bertz CT molecular complexity index is 1640. The molecule has 1 atom stereocenters. The summed E-state index contributed by atoms with van der Waals surface area (Å²) in [7, 11) is 1.65. The number of imidazole rings is 1. The van der Waals surface area contributed by atoms with Crippen LogP contribution < -0.4 is 19.9 Å². The summed E-state index contributed by atoms with van der Waals surface area (Å²) in [6.07, 6.45) is 8.37. The molecule has 41 heavy (non-hydrogen) atoms. The first-order valence-electron chi connectivity index (χ1n) is 13.5. The number of aromatic nitrogens is 4. The van der Waals surface area contributed by atoms with Crippen LogP contribution in [0.1, 0.15) is 34.1 Å². The van der Waals surface area contributed by atoms with Gasteiger partial charge in [0.2, 0.25) is 0 Å². The number of benzene rings is 1. The summed E-state index contributed by atoms with van der Waals surface area (Å²) in [5.74, 6) is 1.44. The van der Waals surface area contributed by atoms with Gasteiger partial charge in [-0.15, -0.1) is 5.10 Å². The molecule has 11 nitrogen and oxygen atoms in total. The predicted molar refractivity (Wildman–Crippen MR) is 155 cm³/mol. The van der Waals surface area contributed by atoms with Gasteiger partial charge in [0.15, 0.2) is 23.4 Å². The molecule has 0 spiro atoms. The van der Waals surface area contributed by atoms with Gasteiger partial charge in [0, 0.05) is 31.0 Å². The Morgan fingerprint density at radius 2 is 1.98 bits per heavy atom. The average Bonchev–Trinajstić information content (AvgIpc) is 3.60. The molecule has 4 aromatic rings. The Kier molecular flexibility index (Phi) is 7.02. The lowest BCUT2D eigenvalue weighted by atomic mass is 10.2. The van der Waals surface area contributed by atoms with Crippen LogP contribution in [0.4, 0.5) is 17.3 Å². The van der Waals surface area contributed by atoms with E-state index in [1.807, 2.05) is 49.4 Å². The Balaban J connectivity index is 1.38. The zero-order valence-electron chi connectivity index (χ0n) is 23.1. The maximum absolute atomic E-state index is 12.8. The lowest BCUT2D eigenvalue weighted by Gasteiger charge is -2.30. The fourth-order valence-electron chi connectivity index (χ4n) is 5.11. The monoisotopic (exact) mass is 553 g/mol. The van der Waals surface area contributed by atoms with Crippen LogP contribution in [0.3, 0.4) is 0 Å². The molecule has 0 fully saturated rings. The highest BCUT2D eigenvalue weighted by molar-refractivity contribution is 5.90. The Morgan fingerprint density at radius 1 is 1.15 bits per heavy atom. The van der Waals surface area contributed by atoms with Gasteiger partial charge >= 0.3 is 5.97 Å². The van der Waals surface area contributed by atoms with E-state index in [0.29, 0.717) is 35.9 Å². The van der Waals surface area contributed by atoms with Gasteiger partial charge in [-0.05, 0) is 61.7 Å². The van der Waals surface area contributed by atoms with Crippen LogP contribution in [-0.2, 0) is 17.7 Å². The Hall–Kier alpha value is -4.90. The first-order valence-corrected chi connectivity index (χ1v) is 13.5. The molecule has 0 bridgehead atoms. The molecule has 0 saturated carbocycles. The topological polar surface area (TPSA) is 117 Å². The second-order valence-corrected chi connectivity index (χ2v) is 9.86. The van der Waals surface area contributed by atoms with Gasteiger partial charge in [-0.3, -0.25) is 0 Å². The summed E-state index contributed by atoms with van der Waals surface area (Å²) in [6.45, 7) is 5.33. The third-order valence-electron chi connectivity index (χ3n) is 7.17. The number of nitrogens with zero attached hydrogens (tertiary/aromatic N) is 6. The van der Waals surface area contributed by atoms with Gasteiger partial charge < -0.3 is 29.7 Å². The van der Waals surface area contributed by atoms with Crippen molar-refractivity contribution in [3.8, 4) is 5.75 Å². The van der Waals surface area contributed by atoms with Gasteiger partial charge in [-0.1, -0.05) is 18.2 Å². The number of fused-ring (bicyclic) bond motifs is 3. The number of carbonyl (C=O) groups is 1. The SMILES string of the molecule is CCOC(=O)c1cnc2c3c(c(NC4=CC=CN(c5ccc(C)cn5)C4O)nn12)CCN3Cc1ccc(OC)cc1. The third kappa shape index (κ3) is 4.95. The van der Waals surface area contributed by atoms with E-state index in [1.54, 1.807) is 37.4 Å². The molecule has 5 heterocycles. The highest BCUT2D eigenvalue weighted by Gasteiger charge is 2.31. The molecule has 1 aromatic carbocycles. The minimum absolute atomic E-state index is 0.229. The van der Waals surface area contributed by atoms with Crippen LogP contribution >= 0.6 is 0 Å². The third-order valence-corrected chi connectivity index (χ3v) is 7.17. The maximum atomic E-state index is 12.8. The number of ether oxygens (including phenoxy) is 2. The van der Waals surface area contributed by atoms with Gasteiger partial charge in [0.1, 0.15) is 11.6 Å². The van der Waals surface area contributed by atoms with Crippen LogP contribution in [0, 0.1) is 6.92 Å². The van der Waals surface area contributed by atoms with Gasteiger partial charge in [0.25, 0.3) is 0 Å². The van der Waals surface area contributed by atoms with Crippen molar-refractivity contribution in [3.63, 3.8) is 0 Å². The molecule has 2 N–H and O–H groups in total. The highest BCUT2D eigenvalue weighted by Crippen LogP contribution is 2.38. The zero-order valence-corrected chi connectivity index (χ0v) is 23.1. The molecule has 2 aliphatic rings. The molecular formula is C30H31N7O4. The van der Waals surface area contributed by atoms with Gasteiger partial charge in [0.05, 0.1) is 31.3 Å². The van der Waals surface area contributed by atoms with Crippen molar-refractivity contribution >= 4 is 28.9 Å². The first-order chi connectivity index (χ1) is 20.0. The van der Waals surface area contributed by atoms with E-state index >= 15 is 0 Å². The smallest absolute Gasteiger partial charge is 0.358 e. The largest absolute Gasteiger partial charge is 0.497 e. The number of pyridine rings is 1. The second kappa shape index (κ2) is 10.9. The molecule has 0 aliphatic carbocycles. The molecule has 0 saturated heterocycles. The summed E-state index contributed by atoms with van der Waals surface area (Å²) in [4.78, 5) is 25.8. The number of nitrogens with one attached hydrogen (secondary N) is 1. The standard InChI is InChI=1S/C30H31N7O4/c1-4-41-30(39)24-17-32-28-26-22(13-15-35(26)18-20-8-10-21(40-3)11-9-20)27(34-37(24)28)33-23-6-5-14-36(29(23)38)25-12-7-19(2)16-31-25/h5-12,14,16-17,29,38H,4,13,15,18H2,1-3H3,(H,33,34). The summed E-state index contributed by atoms with van der Waals surface area (Å²) in [5.41, 5.74) is 5.30. The zero-order chi connectivity index (χ0) is 28.5. The van der Waals surface area contributed by atoms with Crippen molar-refractivity contribution in [3.05, 3.63) is 95.2 Å². The molecule has 210 valence electrons. The number of hydrogen-bond donors (Lipinski definition) is 2. The fourth-order valence-corrected chi connectivity index (χ4v) is 5.11. The van der Waals surface area contributed by atoms with Crippen molar-refractivity contribution < 1.29 is 19.4 Å². The van der Waals surface area contributed by atoms with Gasteiger partial charge in [-0.2, -0.15) is 0 Å². The maximum Gasteiger partial charge on any atom is 0.358 e. The van der Waals surface area contributed by atoms with E-state index in [0.717, 1.165) is 34.7 Å². The number of aryl methyl sites for hydroxylation is 1. The second-order valence-electron chi connectivity index (χ2n) is 9.86. The number of hydrogen-bond acceptors (Lipinski definition) is 10. The first kappa shape index (κ1) is 26.3. The Labute approximate surface area is 237 Å². The number of aliphatic hydroxyl groups is 1. The lowest BCUT2D eigenvalue weighted by Crippen LogP contribution is -2.37. The minimum atomic E-state index is -1.02. The number of aliphatic hydroxyl groups excluding tert-OH is 1. The summed E-state index contributed by atoms with van der Waals surface area (Å²) < 4.78 is 12.1. The number of rotatable bonds is 8. The number of esters is 1. The average molecular weight is 554 g/mol. The van der Waals surface area contributed by atoms with Crippen LogP contribution in [0.2, 0.25) is 0 Å². The molecule has 0 radical (unpaired) electrons. The van der Waals surface area contributed by atoms with Crippen molar-refractivity contribution in [2.45, 2.75) is 33.0 Å². The van der Waals surface area contributed by atoms with E-state index < -0.39 is 12.2 Å². The minimum Gasteiger partial charge on any atom is -0.497 e. The van der Waals surface area contributed by atoms with E-state index in [1.165, 1.54) is 10.7 Å². The van der Waals surface area contributed by atoms with Crippen molar-refractivity contribution in [2.75, 3.05) is 35.4 Å². The molecule has 0 amide bonds. The molecule has 2 aliphatic heterocycles. The normalized spacial score (nSPS) is 16.1. The van der Waals surface area contributed by atoms with E-state index in [-0.39, 0.29) is 12.3 Å². The van der Waals surface area contributed by atoms with Crippen molar-refractivity contribution in [1.82, 2.24) is 19.6 Å². The van der Waals surface area contributed by atoms with E-state index in [9.17, 15) is 9.90 Å². The molecular weight excluding hydrogens is 522 g/mol. The highest BCUT2D eigenvalue weighted by atomic mass is 16.5.